The Labute approximate surface area is 204 Å². The second-order valence-corrected chi connectivity index (χ2v) is 8.40. The van der Waals surface area contributed by atoms with Crippen molar-refractivity contribution >= 4 is 23.6 Å². The number of halogens is 4. The van der Waals surface area contributed by atoms with Crippen molar-refractivity contribution in [1.82, 2.24) is 4.90 Å². The number of hydrogen-bond acceptors (Lipinski definition) is 5. The Balaban J connectivity index is 1.35. The number of piperidine rings is 1. The highest BCUT2D eigenvalue weighted by Gasteiger charge is 2.34. The summed E-state index contributed by atoms with van der Waals surface area (Å²) < 4.78 is 61.4. The van der Waals surface area contributed by atoms with Gasteiger partial charge in [0, 0.05) is 19.2 Å². The molecule has 1 fully saturated rings. The highest BCUT2D eigenvalue weighted by atomic mass is 19.4. The lowest BCUT2D eigenvalue weighted by Crippen LogP contribution is -2.49. The number of carbonyl (C=O) groups excluding carboxylic acids is 2. The first kappa shape index (κ1) is 25.2. The Morgan fingerprint density at radius 3 is 2.50 bits per heavy atom. The maximum atomic E-state index is 15.0. The molecule has 2 aliphatic rings. The average Bonchev–Trinajstić information content (AvgIpc) is 3.36. The number of nitrogens with two attached hydrogens (primary N) is 1. The van der Waals surface area contributed by atoms with Gasteiger partial charge in [0.05, 0.1) is 25.1 Å². The molecule has 190 valence electrons. The van der Waals surface area contributed by atoms with E-state index in [9.17, 15) is 27.2 Å². The highest BCUT2D eigenvalue weighted by Crippen LogP contribution is 2.29. The second-order valence-electron chi connectivity index (χ2n) is 8.40. The van der Waals surface area contributed by atoms with Crippen LogP contribution in [0.3, 0.4) is 0 Å². The molecular formula is C25H23F4N3O4. The molecule has 0 aliphatic carbocycles. The smallest absolute Gasteiger partial charge is 0.486 e. The Kier molecular flexibility index (Phi) is 7.27. The van der Waals surface area contributed by atoms with Crippen molar-refractivity contribution in [3.8, 4) is 11.5 Å². The fraction of sp³-hybridized carbons (Fsp3) is 0.320. The summed E-state index contributed by atoms with van der Waals surface area (Å²) in [5, 5.41) is 0. The Morgan fingerprint density at radius 2 is 1.89 bits per heavy atom. The van der Waals surface area contributed by atoms with Crippen LogP contribution in [0.5, 0.6) is 11.5 Å². The molecule has 11 heteroatoms. The predicted octanol–water partition coefficient (Wildman–Crippen LogP) is 3.71. The number of carbonyl (C=O) groups is 2. The van der Waals surface area contributed by atoms with E-state index in [1.165, 1.54) is 17.0 Å². The van der Waals surface area contributed by atoms with Crippen LogP contribution in [0.4, 0.5) is 17.6 Å². The van der Waals surface area contributed by atoms with E-state index in [1.54, 1.807) is 24.4 Å². The standard InChI is InChI=1S/C25H23F4N3O4/c26-20-14-32(23(33)11-15-1-4-18(5-2-15)36-25(27,28)29)10-8-22(20)35-21-6-3-16(12-19(21)24(30)34)17-7-9-31-13-17/h1-7,12-13,20,22H,8-11,14H2,(H2,30,34)/t20-,22+/m0/s1. The van der Waals surface area contributed by atoms with Crippen LogP contribution in [0.2, 0.25) is 0 Å². The van der Waals surface area contributed by atoms with Gasteiger partial charge in [-0.15, -0.1) is 13.2 Å². The fourth-order valence-corrected chi connectivity index (χ4v) is 4.05. The van der Waals surface area contributed by atoms with Crippen molar-refractivity contribution in [2.24, 2.45) is 10.7 Å². The van der Waals surface area contributed by atoms with E-state index in [0.29, 0.717) is 12.1 Å². The van der Waals surface area contributed by atoms with Crippen molar-refractivity contribution in [3.05, 3.63) is 65.2 Å². The number of likely N-dealkylation sites (tertiary alicyclic amines) is 1. The van der Waals surface area contributed by atoms with Gasteiger partial charge in [0.25, 0.3) is 5.91 Å². The molecule has 2 aliphatic heterocycles. The number of hydrogen-bond donors (Lipinski definition) is 1. The Bertz CT molecular complexity index is 1190. The summed E-state index contributed by atoms with van der Waals surface area (Å²) in [7, 11) is 0. The van der Waals surface area contributed by atoms with Crippen LogP contribution < -0.4 is 15.2 Å². The molecule has 1 saturated heterocycles. The number of ether oxygens (including phenoxy) is 2. The summed E-state index contributed by atoms with van der Waals surface area (Å²) in [5.74, 6) is -1.31. The largest absolute Gasteiger partial charge is 0.573 e. The Hall–Kier alpha value is -3.89. The van der Waals surface area contributed by atoms with Gasteiger partial charge in [-0.3, -0.25) is 14.6 Å². The number of aliphatic imine (C=N–C) groups is 1. The molecule has 36 heavy (non-hydrogen) atoms. The molecule has 2 aromatic carbocycles. The van der Waals surface area contributed by atoms with E-state index < -0.39 is 30.3 Å². The summed E-state index contributed by atoms with van der Waals surface area (Å²) in [6.45, 7) is 0.552. The first-order chi connectivity index (χ1) is 17.1. The summed E-state index contributed by atoms with van der Waals surface area (Å²) >= 11 is 0. The van der Waals surface area contributed by atoms with Gasteiger partial charge < -0.3 is 20.1 Å². The monoisotopic (exact) mass is 505 g/mol. The predicted molar refractivity (Wildman–Crippen MR) is 124 cm³/mol. The van der Waals surface area contributed by atoms with Crippen LogP contribution in [0, 0.1) is 0 Å². The normalized spacial score (nSPS) is 19.7. The zero-order valence-corrected chi connectivity index (χ0v) is 19.0. The third kappa shape index (κ3) is 6.21. The molecule has 2 aromatic rings. The van der Waals surface area contributed by atoms with Gasteiger partial charge in [-0.05, 0) is 41.0 Å². The molecule has 0 radical (unpaired) electrons. The van der Waals surface area contributed by atoms with E-state index in [2.05, 4.69) is 9.73 Å². The maximum Gasteiger partial charge on any atom is 0.573 e. The molecule has 0 aromatic heterocycles. The SMILES string of the molecule is NC(=O)c1cc(C2=CCN=C2)ccc1O[C@@H]1CCN(C(=O)Cc2ccc(OC(F)(F)F)cc2)C[C@@H]1F. The fourth-order valence-electron chi connectivity index (χ4n) is 4.05. The van der Waals surface area contributed by atoms with Crippen LogP contribution >= 0.6 is 0 Å². The van der Waals surface area contributed by atoms with Crippen molar-refractivity contribution in [2.75, 3.05) is 19.6 Å². The third-order valence-corrected chi connectivity index (χ3v) is 5.85. The van der Waals surface area contributed by atoms with Crippen molar-refractivity contribution in [2.45, 2.75) is 31.5 Å². The Morgan fingerprint density at radius 1 is 1.14 bits per heavy atom. The van der Waals surface area contributed by atoms with Gasteiger partial charge in [-0.2, -0.15) is 0 Å². The molecule has 4 rings (SSSR count). The average molecular weight is 505 g/mol. The van der Waals surface area contributed by atoms with Gasteiger partial charge in [0.15, 0.2) is 6.17 Å². The number of amides is 2. The van der Waals surface area contributed by atoms with Crippen LogP contribution in [0.15, 0.2) is 53.5 Å². The highest BCUT2D eigenvalue weighted by molar-refractivity contribution is 6.12. The van der Waals surface area contributed by atoms with Crippen molar-refractivity contribution < 1.29 is 36.6 Å². The second kappa shape index (κ2) is 10.4. The van der Waals surface area contributed by atoms with Gasteiger partial charge in [-0.25, -0.2) is 4.39 Å². The zero-order chi connectivity index (χ0) is 25.9. The molecule has 0 spiro atoms. The molecule has 0 unspecified atom stereocenters. The molecule has 0 saturated carbocycles. The minimum absolute atomic E-state index is 0.100. The molecule has 2 atom stereocenters. The van der Waals surface area contributed by atoms with E-state index in [4.69, 9.17) is 10.5 Å². The maximum absolute atomic E-state index is 15.0. The number of alkyl halides is 4. The lowest BCUT2D eigenvalue weighted by atomic mass is 10.0. The van der Waals surface area contributed by atoms with E-state index in [-0.39, 0.29) is 43.2 Å². The topological polar surface area (TPSA) is 94.2 Å². The van der Waals surface area contributed by atoms with Gasteiger partial charge in [-0.1, -0.05) is 24.3 Å². The molecule has 2 N–H and O–H groups in total. The molecular weight excluding hydrogens is 482 g/mol. The first-order valence-corrected chi connectivity index (χ1v) is 11.2. The number of benzene rings is 2. The summed E-state index contributed by atoms with van der Waals surface area (Å²) in [6, 6.07) is 9.82. The summed E-state index contributed by atoms with van der Waals surface area (Å²) in [6.07, 6.45) is -3.53. The quantitative estimate of drug-likeness (QED) is 0.581. The molecule has 7 nitrogen and oxygen atoms in total. The number of rotatable bonds is 7. The van der Waals surface area contributed by atoms with Gasteiger partial charge in [0.2, 0.25) is 5.91 Å². The van der Waals surface area contributed by atoms with Gasteiger partial charge >= 0.3 is 6.36 Å². The van der Waals surface area contributed by atoms with Gasteiger partial charge in [0.1, 0.15) is 17.6 Å². The van der Waals surface area contributed by atoms with E-state index in [1.807, 2.05) is 6.08 Å². The number of allylic oxidation sites excluding steroid dienone is 1. The number of nitrogens with zero attached hydrogens (tertiary/aromatic N) is 2. The molecule has 0 bridgehead atoms. The lowest BCUT2D eigenvalue weighted by molar-refractivity contribution is -0.274. The first-order valence-electron chi connectivity index (χ1n) is 11.2. The zero-order valence-electron chi connectivity index (χ0n) is 19.0. The summed E-state index contributed by atoms with van der Waals surface area (Å²) in [5.41, 5.74) is 7.70. The van der Waals surface area contributed by atoms with Crippen molar-refractivity contribution in [3.63, 3.8) is 0 Å². The third-order valence-electron chi connectivity index (χ3n) is 5.85. The molecule has 2 heterocycles. The van der Waals surface area contributed by atoms with Crippen LogP contribution in [0.1, 0.15) is 27.9 Å². The van der Waals surface area contributed by atoms with Crippen LogP contribution in [-0.4, -0.2) is 61.2 Å². The van der Waals surface area contributed by atoms with Crippen LogP contribution in [0.25, 0.3) is 5.57 Å². The lowest BCUT2D eigenvalue weighted by Gasteiger charge is -2.35. The minimum atomic E-state index is -4.80. The van der Waals surface area contributed by atoms with E-state index in [0.717, 1.165) is 23.3 Å². The van der Waals surface area contributed by atoms with Crippen LogP contribution in [-0.2, 0) is 11.2 Å². The molecule has 2 amide bonds. The van der Waals surface area contributed by atoms with E-state index >= 15 is 0 Å². The van der Waals surface area contributed by atoms with Crippen molar-refractivity contribution in [1.29, 1.82) is 0 Å². The number of primary amides is 1. The summed E-state index contributed by atoms with van der Waals surface area (Å²) in [4.78, 5) is 30.1. The minimum Gasteiger partial charge on any atom is -0.486 e.